The number of hydrogen-bond donors (Lipinski definition) is 3. The zero-order chi connectivity index (χ0) is 22.3. The molecule has 1 atom stereocenters. The molecule has 4 rings (SSSR count). The van der Waals surface area contributed by atoms with Crippen LogP contribution in [0.4, 0.5) is 15.9 Å². The molecule has 1 aliphatic rings. The van der Waals surface area contributed by atoms with Gasteiger partial charge in [-0.15, -0.1) is 0 Å². The van der Waals surface area contributed by atoms with Crippen molar-refractivity contribution < 1.29 is 14.0 Å². The summed E-state index contributed by atoms with van der Waals surface area (Å²) in [6, 6.07) is 8.99. The van der Waals surface area contributed by atoms with Gasteiger partial charge in [0.1, 0.15) is 11.6 Å². The highest BCUT2D eigenvalue weighted by atomic mass is 35.5. The number of anilines is 2. The van der Waals surface area contributed by atoms with Crippen molar-refractivity contribution in [3.63, 3.8) is 0 Å². The maximum atomic E-state index is 13.8. The number of nitrogen functional groups attached to an aromatic ring is 1. The number of nitrogens with one attached hydrogen (secondary N) is 2. The van der Waals surface area contributed by atoms with E-state index in [4.69, 9.17) is 28.9 Å². The van der Waals surface area contributed by atoms with E-state index in [0.29, 0.717) is 12.0 Å². The average Bonchev–Trinajstić information content (AvgIpc) is 3.10. The van der Waals surface area contributed by atoms with E-state index >= 15 is 0 Å². The van der Waals surface area contributed by atoms with Gasteiger partial charge in [-0.2, -0.15) is 0 Å². The lowest BCUT2D eigenvalue weighted by molar-refractivity contribution is -0.115. The first kappa shape index (κ1) is 21.1. The van der Waals surface area contributed by atoms with Crippen molar-refractivity contribution in [1.82, 2.24) is 10.3 Å². The zero-order valence-corrected chi connectivity index (χ0v) is 17.8. The number of carbonyl (C=O) groups is 2. The smallest absolute Gasteiger partial charge is 0.255 e. The van der Waals surface area contributed by atoms with Gasteiger partial charge in [-0.3, -0.25) is 9.59 Å². The molecule has 2 heterocycles. The highest BCUT2D eigenvalue weighted by molar-refractivity contribution is 6.36. The minimum atomic E-state index is -0.677. The Kier molecular flexibility index (Phi) is 5.56. The molecule has 0 bridgehead atoms. The molecule has 9 heteroatoms. The fraction of sp³-hybridized carbons (Fsp3) is 0.136. The second-order valence-electron chi connectivity index (χ2n) is 7.21. The van der Waals surface area contributed by atoms with E-state index in [0.717, 1.165) is 22.9 Å². The van der Waals surface area contributed by atoms with E-state index in [2.05, 4.69) is 15.6 Å². The maximum absolute atomic E-state index is 13.8. The van der Waals surface area contributed by atoms with Gasteiger partial charge in [0.2, 0.25) is 5.91 Å². The van der Waals surface area contributed by atoms with Gasteiger partial charge in [0, 0.05) is 28.0 Å². The third kappa shape index (κ3) is 4.06. The van der Waals surface area contributed by atoms with Gasteiger partial charge in [0.15, 0.2) is 0 Å². The largest absolute Gasteiger partial charge is 0.383 e. The summed E-state index contributed by atoms with van der Waals surface area (Å²) in [6.07, 6.45) is 1.85. The molecule has 2 amide bonds. The van der Waals surface area contributed by atoms with Gasteiger partial charge in [-0.05, 0) is 48.4 Å². The predicted octanol–water partition coefficient (Wildman–Crippen LogP) is 4.76. The van der Waals surface area contributed by atoms with Crippen LogP contribution >= 0.6 is 23.2 Å². The van der Waals surface area contributed by atoms with Crippen molar-refractivity contribution in [3.05, 3.63) is 75.1 Å². The fourth-order valence-corrected chi connectivity index (χ4v) is 4.21. The van der Waals surface area contributed by atoms with Crippen molar-refractivity contribution in [2.24, 2.45) is 0 Å². The third-order valence-electron chi connectivity index (χ3n) is 5.09. The standard InChI is InChI=1S/C22H17Cl2FN4O2/c1-10(19-15(23)3-4-16(25)20(19)24)28-22(31)14-7-13(9-27-21(14)26)11-2-5-17-12(6-11)8-18(30)29-17/h2-7,9-10H,8H2,1H3,(H2,26,27)(H,28,31)(H,29,30). The van der Waals surface area contributed by atoms with E-state index in [9.17, 15) is 14.0 Å². The van der Waals surface area contributed by atoms with Crippen molar-refractivity contribution in [1.29, 1.82) is 0 Å². The van der Waals surface area contributed by atoms with E-state index in [-0.39, 0.29) is 32.9 Å². The van der Waals surface area contributed by atoms with Crippen LogP contribution in [0.5, 0.6) is 0 Å². The quantitative estimate of drug-likeness (QED) is 0.490. The molecule has 0 saturated carbocycles. The molecule has 0 aliphatic carbocycles. The van der Waals surface area contributed by atoms with Crippen molar-refractivity contribution in [3.8, 4) is 11.1 Å². The Balaban J connectivity index is 1.62. The normalized spacial score (nSPS) is 13.5. The molecule has 1 aliphatic heterocycles. The summed E-state index contributed by atoms with van der Waals surface area (Å²) >= 11 is 12.2. The van der Waals surface area contributed by atoms with Crippen LogP contribution in [0, 0.1) is 5.82 Å². The number of aromatic nitrogens is 1. The molecule has 0 spiro atoms. The number of nitrogens with two attached hydrogens (primary N) is 1. The van der Waals surface area contributed by atoms with Gasteiger partial charge in [0.25, 0.3) is 5.91 Å². The minimum absolute atomic E-state index is 0.0443. The molecular weight excluding hydrogens is 442 g/mol. The molecule has 0 radical (unpaired) electrons. The van der Waals surface area contributed by atoms with Gasteiger partial charge < -0.3 is 16.4 Å². The lowest BCUT2D eigenvalue weighted by atomic mass is 10.0. The topological polar surface area (TPSA) is 97.1 Å². The first-order chi connectivity index (χ1) is 14.7. The van der Waals surface area contributed by atoms with Gasteiger partial charge in [-0.25, -0.2) is 9.37 Å². The summed E-state index contributed by atoms with van der Waals surface area (Å²) in [5, 5.41) is 5.60. The molecule has 0 fully saturated rings. The van der Waals surface area contributed by atoms with Gasteiger partial charge in [-0.1, -0.05) is 29.3 Å². The predicted molar refractivity (Wildman–Crippen MR) is 119 cm³/mol. The third-order valence-corrected chi connectivity index (χ3v) is 5.80. The summed E-state index contributed by atoms with van der Waals surface area (Å²) in [7, 11) is 0. The number of rotatable bonds is 4. The molecule has 31 heavy (non-hydrogen) atoms. The van der Waals surface area contributed by atoms with Crippen LogP contribution in [0.25, 0.3) is 11.1 Å². The Bertz CT molecular complexity index is 1230. The summed E-state index contributed by atoms with van der Waals surface area (Å²) in [5.74, 6) is -1.15. The van der Waals surface area contributed by atoms with Crippen LogP contribution in [0.1, 0.15) is 34.5 Å². The Labute approximate surface area is 187 Å². The first-order valence-electron chi connectivity index (χ1n) is 9.37. The molecule has 1 unspecified atom stereocenters. The number of fused-ring (bicyclic) bond motifs is 1. The number of halogens is 3. The second kappa shape index (κ2) is 8.17. The fourth-order valence-electron chi connectivity index (χ4n) is 3.51. The Morgan fingerprint density at radius 1 is 1.23 bits per heavy atom. The number of pyridine rings is 1. The van der Waals surface area contributed by atoms with Crippen LogP contribution in [0.15, 0.2) is 42.6 Å². The first-order valence-corrected chi connectivity index (χ1v) is 10.1. The van der Waals surface area contributed by atoms with E-state index in [1.807, 2.05) is 18.2 Å². The molecule has 158 valence electrons. The van der Waals surface area contributed by atoms with Crippen LogP contribution in [0.3, 0.4) is 0 Å². The molecular formula is C22H17Cl2FN4O2. The van der Waals surface area contributed by atoms with Crippen molar-refractivity contribution in [2.45, 2.75) is 19.4 Å². The zero-order valence-electron chi connectivity index (χ0n) is 16.3. The van der Waals surface area contributed by atoms with Crippen LogP contribution in [0.2, 0.25) is 10.0 Å². The minimum Gasteiger partial charge on any atom is -0.383 e. The highest BCUT2D eigenvalue weighted by Gasteiger charge is 2.22. The van der Waals surface area contributed by atoms with Gasteiger partial charge in [0.05, 0.1) is 23.0 Å². The summed E-state index contributed by atoms with van der Waals surface area (Å²) in [4.78, 5) is 28.6. The molecule has 6 nitrogen and oxygen atoms in total. The second-order valence-corrected chi connectivity index (χ2v) is 7.99. The number of amides is 2. The Morgan fingerprint density at radius 2 is 2.00 bits per heavy atom. The number of hydrogen-bond acceptors (Lipinski definition) is 4. The monoisotopic (exact) mass is 458 g/mol. The van der Waals surface area contributed by atoms with Crippen LogP contribution in [-0.4, -0.2) is 16.8 Å². The van der Waals surface area contributed by atoms with Crippen molar-refractivity contribution in [2.75, 3.05) is 11.1 Å². The summed E-state index contributed by atoms with van der Waals surface area (Å²) in [6.45, 7) is 1.64. The highest BCUT2D eigenvalue weighted by Crippen LogP contribution is 2.33. The lowest BCUT2D eigenvalue weighted by Crippen LogP contribution is -2.28. The van der Waals surface area contributed by atoms with E-state index in [1.54, 1.807) is 19.2 Å². The average molecular weight is 459 g/mol. The molecule has 1 aromatic heterocycles. The summed E-state index contributed by atoms with van der Waals surface area (Å²) < 4.78 is 13.8. The molecule has 2 aromatic carbocycles. The maximum Gasteiger partial charge on any atom is 0.255 e. The SMILES string of the molecule is CC(NC(=O)c1cc(-c2ccc3c(c2)CC(=O)N3)cnc1N)c1c(Cl)ccc(F)c1Cl. The van der Waals surface area contributed by atoms with Crippen LogP contribution in [-0.2, 0) is 11.2 Å². The van der Waals surface area contributed by atoms with Gasteiger partial charge >= 0.3 is 0 Å². The number of benzene rings is 2. The molecule has 0 saturated heterocycles. The number of nitrogens with zero attached hydrogens (tertiary/aromatic N) is 1. The molecule has 3 aromatic rings. The Morgan fingerprint density at radius 3 is 2.77 bits per heavy atom. The van der Waals surface area contributed by atoms with E-state index < -0.39 is 17.8 Å². The molecule has 4 N–H and O–H groups in total. The lowest BCUT2D eigenvalue weighted by Gasteiger charge is -2.18. The Hall–Kier alpha value is -3.16. The summed E-state index contributed by atoms with van der Waals surface area (Å²) in [5.41, 5.74) is 9.46. The number of carbonyl (C=O) groups excluding carboxylic acids is 2. The van der Waals surface area contributed by atoms with Crippen molar-refractivity contribution >= 4 is 46.5 Å². The van der Waals surface area contributed by atoms with E-state index in [1.165, 1.54) is 6.07 Å². The van der Waals surface area contributed by atoms with Crippen LogP contribution < -0.4 is 16.4 Å².